The maximum atomic E-state index is 12.4. The molecule has 0 saturated heterocycles. The number of hydrogen-bond donors (Lipinski definition) is 2. The molecule has 0 atom stereocenters. The van der Waals surface area contributed by atoms with Crippen molar-refractivity contribution in [2.75, 3.05) is 24.8 Å². The van der Waals surface area contributed by atoms with Gasteiger partial charge in [-0.15, -0.1) is 20.4 Å². The van der Waals surface area contributed by atoms with Crippen molar-refractivity contribution in [3.63, 3.8) is 0 Å². The third-order valence-corrected chi connectivity index (χ3v) is 6.37. The lowest BCUT2D eigenvalue weighted by Gasteiger charge is -2.14. The summed E-state index contributed by atoms with van der Waals surface area (Å²) in [5.41, 5.74) is 0.678. The van der Waals surface area contributed by atoms with Crippen molar-refractivity contribution >= 4 is 40.0 Å². The standard InChI is InChI=1S/C23H23N7O4S2/c1-15-26-28-22(36-15)25-21(32)14-35-23-29-27-19(30(23)17-10-6-7-11-18(17)33-2)12-24-20(31)13-34-16-8-4-3-5-9-16/h3-11H,12-14H2,1-2H3,(H,24,31)(H,25,28,32). The van der Waals surface area contributed by atoms with E-state index in [9.17, 15) is 9.59 Å². The summed E-state index contributed by atoms with van der Waals surface area (Å²) < 4.78 is 12.8. The molecule has 0 unspecified atom stereocenters. The van der Waals surface area contributed by atoms with Gasteiger partial charge in [0.15, 0.2) is 17.6 Å². The van der Waals surface area contributed by atoms with Crippen molar-refractivity contribution in [3.8, 4) is 17.2 Å². The van der Waals surface area contributed by atoms with E-state index in [1.165, 1.54) is 23.1 Å². The molecule has 0 radical (unpaired) electrons. The number of thioether (sulfide) groups is 1. The van der Waals surface area contributed by atoms with Crippen LogP contribution in [-0.4, -0.2) is 56.2 Å². The van der Waals surface area contributed by atoms with Crippen LogP contribution in [0, 0.1) is 6.92 Å². The van der Waals surface area contributed by atoms with Gasteiger partial charge in [0.1, 0.15) is 16.5 Å². The molecular weight excluding hydrogens is 502 g/mol. The summed E-state index contributed by atoms with van der Waals surface area (Å²) in [4.78, 5) is 24.8. The van der Waals surface area contributed by atoms with Crippen LogP contribution in [-0.2, 0) is 16.1 Å². The second kappa shape index (κ2) is 12.1. The largest absolute Gasteiger partial charge is 0.495 e. The smallest absolute Gasteiger partial charge is 0.258 e. The average Bonchev–Trinajstić information content (AvgIpc) is 3.50. The number of carbonyl (C=O) groups excluding carboxylic acids is 2. The summed E-state index contributed by atoms with van der Waals surface area (Å²) in [6.07, 6.45) is 0. The van der Waals surface area contributed by atoms with Crippen molar-refractivity contribution in [1.29, 1.82) is 0 Å². The summed E-state index contributed by atoms with van der Waals surface area (Å²) in [6, 6.07) is 16.4. The number of nitrogens with zero attached hydrogens (tertiary/aromatic N) is 5. The second-order valence-corrected chi connectivity index (χ2v) is 9.37. The molecule has 4 aromatic rings. The first-order valence-corrected chi connectivity index (χ1v) is 12.6. The Labute approximate surface area is 215 Å². The summed E-state index contributed by atoms with van der Waals surface area (Å²) >= 11 is 2.49. The van der Waals surface area contributed by atoms with E-state index in [1.54, 1.807) is 23.8 Å². The van der Waals surface area contributed by atoms with Crippen LogP contribution in [0.5, 0.6) is 11.5 Å². The van der Waals surface area contributed by atoms with Crippen LogP contribution in [0.3, 0.4) is 0 Å². The van der Waals surface area contributed by atoms with Gasteiger partial charge in [-0.3, -0.25) is 19.5 Å². The molecule has 13 heteroatoms. The van der Waals surface area contributed by atoms with Crippen LogP contribution >= 0.6 is 23.1 Å². The molecule has 11 nitrogen and oxygen atoms in total. The van der Waals surface area contributed by atoms with Crippen molar-refractivity contribution in [3.05, 3.63) is 65.4 Å². The van der Waals surface area contributed by atoms with Crippen LogP contribution in [0.1, 0.15) is 10.8 Å². The topological polar surface area (TPSA) is 133 Å². The number of benzene rings is 2. The van der Waals surface area contributed by atoms with E-state index in [0.29, 0.717) is 33.3 Å². The first kappa shape index (κ1) is 25.1. The van der Waals surface area contributed by atoms with Crippen molar-refractivity contribution < 1.29 is 19.1 Å². The van der Waals surface area contributed by atoms with Gasteiger partial charge in [-0.1, -0.05) is 53.4 Å². The highest BCUT2D eigenvalue weighted by Gasteiger charge is 2.19. The van der Waals surface area contributed by atoms with E-state index in [2.05, 4.69) is 31.0 Å². The molecule has 0 fully saturated rings. The Morgan fingerprint density at radius 1 is 1.00 bits per heavy atom. The fourth-order valence-corrected chi connectivity index (χ4v) is 4.46. The SMILES string of the molecule is COc1ccccc1-n1c(CNC(=O)COc2ccccc2)nnc1SCC(=O)Nc1nnc(C)s1. The Bertz CT molecular complexity index is 1330. The molecule has 2 aromatic heterocycles. The monoisotopic (exact) mass is 525 g/mol. The number of para-hydroxylation sites is 3. The Morgan fingerprint density at radius 3 is 2.53 bits per heavy atom. The van der Waals surface area contributed by atoms with E-state index < -0.39 is 0 Å². The minimum absolute atomic E-state index is 0.0726. The van der Waals surface area contributed by atoms with Gasteiger partial charge in [0.2, 0.25) is 11.0 Å². The molecule has 0 saturated carbocycles. The lowest BCUT2D eigenvalue weighted by molar-refractivity contribution is -0.123. The van der Waals surface area contributed by atoms with Crippen LogP contribution in [0.4, 0.5) is 5.13 Å². The molecule has 0 bridgehead atoms. The lowest BCUT2D eigenvalue weighted by atomic mass is 10.3. The Morgan fingerprint density at radius 2 is 1.78 bits per heavy atom. The normalized spacial score (nSPS) is 10.6. The van der Waals surface area contributed by atoms with Crippen LogP contribution < -0.4 is 20.1 Å². The van der Waals surface area contributed by atoms with E-state index >= 15 is 0 Å². The van der Waals surface area contributed by atoms with E-state index in [1.807, 2.05) is 49.4 Å². The summed E-state index contributed by atoms with van der Waals surface area (Å²) in [5.74, 6) is 1.17. The fraction of sp³-hybridized carbons (Fsp3) is 0.217. The first-order valence-electron chi connectivity index (χ1n) is 10.8. The molecule has 186 valence electrons. The Balaban J connectivity index is 1.46. The summed E-state index contributed by atoms with van der Waals surface area (Å²) in [6.45, 7) is 1.77. The molecule has 36 heavy (non-hydrogen) atoms. The zero-order chi connectivity index (χ0) is 25.3. The van der Waals surface area contributed by atoms with E-state index in [4.69, 9.17) is 9.47 Å². The predicted octanol–water partition coefficient (Wildman–Crippen LogP) is 2.86. The van der Waals surface area contributed by atoms with Gasteiger partial charge < -0.3 is 14.8 Å². The maximum absolute atomic E-state index is 12.4. The summed E-state index contributed by atoms with van der Waals surface area (Å²) in [5, 5.41) is 23.5. The zero-order valence-corrected chi connectivity index (χ0v) is 21.1. The van der Waals surface area contributed by atoms with Gasteiger partial charge in [-0.2, -0.15) is 0 Å². The highest BCUT2D eigenvalue weighted by Crippen LogP contribution is 2.28. The molecule has 2 N–H and O–H groups in total. The minimum atomic E-state index is -0.311. The van der Waals surface area contributed by atoms with Crippen LogP contribution in [0.15, 0.2) is 59.8 Å². The lowest BCUT2D eigenvalue weighted by Crippen LogP contribution is -2.29. The molecule has 0 spiro atoms. The number of rotatable bonds is 11. The number of methoxy groups -OCH3 is 1. The van der Waals surface area contributed by atoms with Gasteiger partial charge in [0.25, 0.3) is 5.91 Å². The number of amides is 2. The van der Waals surface area contributed by atoms with Crippen LogP contribution in [0.25, 0.3) is 5.69 Å². The molecule has 4 rings (SSSR count). The highest BCUT2D eigenvalue weighted by atomic mass is 32.2. The van der Waals surface area contributed by atoms with Crippen LogP contribution in [0.2, 0.25) is 0 Å². The predicted molar refractivity (Wildman–Crippen MR) is 136 cm³/mol. The molecule has 2 amide bonds. The first-order chi connectivity index (χ1) is 17.5. The molecule has 0 aliphatic rings. The number of aryl methyl sites for hydroxylation is 1. The van der Waals surface area contributed by atoms with Gasteiger partial charge in [-0.05, 0) is 31.2 Å². The van der Waals surface area contributed by atoms with Gasteiger partial charge >= 0.3 is 0 Å². The van der Waals surface area contributed by atoms with Crippen molar-refractivity contribution in [2.24, 2.45) is 0 Å². The summed E-state index contributed by atoms with van der Waals surface area (Å²) in [7, 11) is 1.57. The molecular formula is C23H23N7O4S2. The fourth-order valence-electron chi connectivity index (χ4n) is 3.09. The van der Waals surface area contributed by atoms with Gasteiger partial charge in [0.05, 0.1) is 25.1 Å². The van der Waals surface area contributed by atoms with E-state index in [-0.39, 0.29) is 30.7 Å². The third-order valence-electron chi connectivity index (χ3n) is 4.69. The van der Waals surface area contributed by atoms with Crippen molar-refractivity contribution in [2.45, 2.75) is 18.6 Å². The minimum Gasteiger partial charge on any atom is -0.495 e. The van der Waals surface area contributed by atoms with Gasteiger partial charge in [0, 0.05) is 0 Å². The number of nitrogens with one attached hydrogen (secondary N) is 2. The number of aromatic nitrogens is 5. The quantitative estimate of drug-likeness (QED) is 0.284. The number of carbonyl (C=O) groups is 2. The number of ether oxygens (including phenoxy) is 2. The van der Waals surface area contributed by atoms with Crippen molar-refractivity contribution in [1.82, 2.24) is 30.3 Å². The third kappa shape index (κ3) is 6.58. The Kier molecular flexibility index (Phi) is 8.47. The highest BCUT2D eigenvalue weighted by molar-refractivity contribution is 7.99. The molecule has 0 aliphatic carbocycles. The number of anilines is 1. The van der Waals surface area contributed by atoms with Gasteiger partial charge in [-0.25, -0.2) is 0 Å². The maximum Gasteiger partial charge on any atom is 0.258 e. The molecule has 2 heterocycles. The Hall–Kier alpha value is -3.97. The molecule has 0 aliphatic heterocycles. The second-order valence-electron chi connectivity index (χ2n) is 7.25. The van der Waals surface area contributed by atoms with E-state index in [0.717, 1.165) is 5.01 Å². The average molecular weight is 526 g/mol. The zero-order valence-electron chi connectivity index (χ0n) is 19.5. The number of hydrogen-bond acceptors (Lipinski definition) is 10. The molecule has 2 aromatic carbocycles.